The lowest BCUT2D eigenvalue weighted by Crippen LogP contribution is -2.45. The maximum atomic E-state index is 9.74. The van der Waals surface area contributed by atoms with Crippen LogP contribution in [0.2, 0.25) is 0 Å². The lowest BCUT2D eigenvalue weighted by molar-refractivity contribution is -0.0121. The van der Waals surface area contributed by atoms with Gasteiger partial charge in [-0.25, -0.2) is 0 Å². The molecule has 22 heavy (non-hydrogen) atoms. The molecule has 0 saturated heterocycles. The quantitative estimate of drug-likeness (QED) is 0.329. The van der Waals surface area contributed by atoms with Crippen molar-refractivity contribution in [2.24, 2.45) is 5.73 Å². The second kappa shape index (κ2) is 15.7. The zero-order valence-electron chi connectivity index (χ0n) is 14.6. The van der Waals surface area contributed by atoms with Gasteiger partial charge in [-0.2, -0.15) is 0 Å². The highest BCUT2D eigenvalue weighted by molar-refractivity contribution is 4.77. The Balaban J connectivity index is 3.26. The van der Waals surface area contributed by atoms with Crippen molar-refractivity contribution in [2.75, 3.05) is 6.61 Å². The van der Waals surface area contributed by atoms with Crippen molar-refractivity contribution in [3.63, 3.8) is 0 Å². The second-order valence-corrected chi connectivity index (χ2v) is 6.58. The molecule has 4 heteroatoms. The molecule has 0 amide bonds. The van der Waals surface area contributed by atoms with E-state index >= 15 is 0 Å². The summed E-state index contributed by atoms with van der Waals surface area (Å²) in [5.41, 5.74) is 5.49. The minimum Gasteiger partial charge on any atom is -0.395 e. The number of aliphatic hydroxyl groups excluding tert-OH is 3. The molecule has 5 N–H and O–H groups in total. The number of unbranched alkanes of at least 4 members (excludes halogenated alkanes) is 11. The number of rotatable bonds is 16. The standard InChI is InChI=1S/C18H39NO3/c1-2-3-4-5-6-7-8-9-10-11-12-13-14-17(21)18(22)16(19)15-20/h16-18,20-22H,2-15,19H2,1H3/t16?,17?,18-/m0/s1. The minimum absolute atomic E-state index is 0.295. The normalized spacial score (nSPS) is 15.7. The fourth-order valence-electron chi connectivity index (χ4n) is 2.76. The van der Waals surface area contributed by atoms with E-state index < -0.39 is 18.2 Å². The largest absolute Gasteiger partial charge is 0.395 e. The summed E-state index contributed by atoms with van der Waals surface area (Å²) >= 11 is 0. The molecule has 2 unspecified atom stereocenters. The summed E-state index contributed by atoms with van der Waals surface area (Å²) in [4.78, 5) is 0. The van der Waals surface area contributed by atoms with Gasteiger partial charge in [0.15, 0.2) is 0 Å². The van der Waals surface area contributed by atoms with Gasteiger partial charge in [0.25, 0.3) is 0 Å². The van der Waals surface area contributed by atoms with Gasteiger partial charge in [-0.1, -0.05) is 84.0 Å². The number of hydrogen-bond donors (Lipinski definition) is 4. The second-order valence-electron chi connectivity index (χ2n) is 6.58. The third-order valence-corrected chi connectivity index (χ3v) is 4.40. The van der Waals surface area contributed by atoms with Crippen LogP contribution in [0.25, 0.3) is 0 Å². The Kier molecular flexibility index (Phi) is 15.6. The van der Waals surface area contributed by atoms with Gasteiger partial charge in [0.05, 0.1) is 24.9 Å². The van der Waals surface area contributed by atoms with E-state index in [1.54, 1.807) is 0 Å². The minimum atomic E-state index is -1.02. The zero-order chi connectivity index (χ0) is 16.6. The van der Waals surface area contributed by atoms with Gasteiger partial charge in [0.2, 0.25) is 0 Å². The van der Waals surface area contributed by atoms with Crippen molar-refractivity contribution >= 4 is 0 Å². The average Bonchev–Trinajstić information content (AvgIpc) is 2.54. The third kappa shape index (κ3) is 12.4. The van der Waals surface area contributed by atoms with Crippen LogP contribution in [0.4, 0.5) is 0 Å². The van der Waals surface area contributed by atoms with E-state index in [1.807, 2.05) is 0 Å². The van der Waals surface area contributed by atoms with Crippen LogP contribution < -0.4 is 5.73 Å². The van der Waals surface area contributed by atoms with Crippen LogP contribution in [0.5, 0.6) is 0 Å². The first-order valence-corrected chi connectivity index (χ1v) is 9.36. The van der Waals surface area contributed by atoms with Gasteiger partial charge in [-0.15, -0.1) is 0 Å². The highest BCUT2D eigenvalue weighted by Crippen LogP contribution is 2.14. The van der Waals surface area contributed by atoms with Crippen LogP contribution in [0.3, 0.4) is 0 Å². The first-order valence-electron chi connectivity index (χ1n) is 9.36. The Bertz CT molecular complexity index is 226. The molecule has 134 valence electrons. The zero-order valence-corrected chi connectivity index (χ0v) is 14.6. The number of hydrogen-bond acceptors (Lipinski definition) is 4. The van der Waals surface area contributed by atoms with Crippen molar-refractivity contribution in [3.8, 4) is 0 Å². The summed E-state index contributed by atoms with van der Waals surface area (Å²) in [6.45, 7) is 1.96. The maximum Gasteiger partial charge on any atom is 0.0971 e. The molecule has 3 atom stereocenters. The van der Waals surface area contributed by atoms with E-state index in [1.165, 1.54) is 64.2 Å². The van der Waals surface area contributed by atoms with Crippen molar-refractivity contribution in [1.82, 2.24) is 0 Å². The summed E-state index contributed by atoms with van der Waals surface area (Å²) in [5, 5.41) is 28.2. The molecule has 0 aliphatic carbocycles. The SMILES string of the molecule is CCCCCCCCCCCCCCC(O)[C@@H](O)C(N)CO. The molecule has 0 aromatic heterocycles. The highest BCUT2D eigenvalue weighted by Gasteiger charge is 2.22. The van der Waals surface area contributed by atoms with Crippen molar-refractivity contribution in [1.29, 1.82) is 0 Å². The summed E-state index contributed by atoms with van der Waals surface area (Å²) < 4.78 is 0. The first-order chi connectivity index (χ1) is 10.6. The Morgan fingerprint density at radius 2 is 1.14 bits per heavy atom. The fourth-order valence-corrected chi connectivity index (χ4v) is 2.76. The van der Waals surface area contributed by atoms with E-state index in [9.17, 15) is 10.2 Å². The first kappa shape index (κ1) is 21.8. The van der Waals surface area contributed by atoms with E-state index in [-0.39, 0.29) is 6.61 Å². The van der Waals surface area contributed by atoms with E-state index in [0.717, 1.165) is 12.8 Å². The van der Waals surface area contributed by atoms with Crippen LogP contribution in [0, 0.1) is 0 Å². The predicted molar refractivity (Wildman–Crippen MR) is 92.8 cm³/mol. The third-order valence-electron chi connectivity index (χ3n) is 4.40. The molecular weight excluding hydrogens is 278 g/mol. The Morgan fingerprint density at radius 3 is 1.55 bits per heavy atom. The van der Waals surface area contributed by atoms with Crippen LogP contribution in [-0.4, -0.2) is 40.2 Å². The fraction of sp³-hybridized carbons (Fsp3) is 1.00. The molecule has 0 saturated carbocycles. The lowest BCUT2D eigenvalue weighted by atomic mass is 10.00. The van der Waals surface area contributed by atoms with Crippen LogP contribution >= 0.6 is 0 Å². The monoisotopic (exact) mass is 317 g/mol. The number of nitrogens with two attached hydrogens (primary N) is 1. The molecule has 0 heterocycles. The summed E-state index contributed by atoms with van der Waals surface area (Å²) in [6.07, 6.45) is 14.1. The van der Waals surface area contributed by atoms with Crippen molar-refractivity contribution in [2.45, 2.75) is 109 Å². The summed E-state index contributed by atoms with van der Waals surface area (Å²) in [6, 6.07) is -0.743. The van der Waals surface area contributed by atoms with Gasteiger partial charge in [0, 0.05) is 0 Å². The van der Waals surface area contributed by atoms with Crippen LogP contribution in [0.15, 0.2) is 0 Å². The molecule has 0 radical (unpaired) electrons. The van der Waals surface area contributed by atoms with Gasteiger partial charge in [0.1, 0.15) is 0 Å². The average molecular weight is 318 g/mol. The van der Waals surface area contributed by atoms with E-state index in [0.29, 0.717) is 6.42 Å². The van der Waals surface area contributed by atoms with E-state index in [2.05, 4.69) is 6.92 Å². The van der Waals surface area contributed by atoms with Crippen LogP contribution in [-0.2, 0) is 0 Å². The molecule has 4 nitrogen and oxygen atoms in total. The van der Waals surface area contributed by atoms with Gasteiger partial charge >= 0.3 is 0 Å². The Morgan fingerprint density at radius 1 is 0.727 bits per heavy atom. The smallest absolute Gasteiger partial charge is 0.0971 e. The maximum absolute atomic E-state index is 9.74. The Labute approximate surface area is 137 Å². The van der Waals surface area contributed by atoms with E-state index in [4.69, 9.17) is 10.8 Å². The predicted octanol–water partition coefficient (Wildman–Crippen LogP) is 3.12. The Hall–Kier alpha value is -0.160. The molecule has 0 aliphatic heterocycles. The molecule has 0 bridgehead atoms. The highest BCUT2D eigenvalue weighted by atomic mass is 16.3. The van der Waals surface area contributed by atoms with Gasteiger partial charge in [-0.05, 0) is 6.42 Å². The summed E-state index contributed by atoms with van der Waals surface area (Å²) in [7, 11) is 0. The van der Waals surface area contributed by atoms with Crippen molar-refractivity contribution < 1.29 is 15.3 Å². The topological polar surface area (TPSA) is 86.7 Å². The van der Waals surface area contributed by atoms with Gasteiger partial charge in [-0.3, -0.25) is 0 Å². The van der Waals surface area contributed by atoms with Crippen LogP contribution in [0.1, 0.15) is 90.4 Å². The molecule has 0 rings (SSSR count). The summed E-state index contributed by atoms with van der Waals surface area (Å²) in [5.74, 6) is 0. The molecular formula is C18H39NO3. The molecule has 0 aromatic carbocycles. The lowest BCUT2D eigenvalue weighted by Gasteiger charge is -2.22. The molecule has 0 aliphatic rings. The van der Waals surface area contributed by atoms with Crippen molar-refractivity contribution in [3.05, 3.63) is 0 Å². The molecule has 0 aromatic rings. The molecule has 0 spiro atoms. The number of aliphatic hydroxyl groups is 3. The molecule has 0 fully saturated rings. The van der Waals surface area contributed by atoms with Gasteiger partial charge < -0.3 is 21.1 Å².